The average Bonchev–Trinajstić information content (AvgIpc) is 3.39. The van der Waals surface area contributed by atoms with E-state index in [1.807, 2.05) is 53.4 Å². The van der Waals surface area contributed by atoms with Gasteiger partial charge in [0.25, 0.3) is 11.5 Å². The van der Waals surface area contributed by atoms with E-state index < -0.39 is 6.04 Å². The molecule has 1 atom stereocenters. The van der Waals surface area contributed by atoms with Crippen molar-refractivity contribution < 1.29 is 4.79 Å². The predicted octanol–water partition coefficient (Wildman–Crippen LogP) is 3.30. The molecule has 1 amide bonds. The van der Waals surface area contributed by atoms with E-state index in [4.69, 9.17) is 5.73 Å². The van der Waals surface area contributed by atoms with Gasteiger partial charge in [0.15, 0.2) is 11.5 Å². The molecule has 40 heavy (non-hydrogen) atoms. The van der Waals surface area contributed by atoms with Crippen molar-refractivity contribution in [3.63, 3.8) is 0 Å². The number of nitrogens with two attached hydrogens (primary N) is 1. The predicted molar refractivity (Wildman–Crippen MR) is 151 cm³/mol. The number of aryl methyl sites for hydroxylation is 3. The molecule has 1 aliphatic carbocycles. The highest BCUT2D eigenvalue weighted by atomic mass is 16.2. The zero-order valence-electron chi connectivity index (χ0n) is 22.3. The summed E-state index contributed by atoms with van der Waals surface area (Å²) < 4.78 is 5.33. The molecule has 1 fully saturated rings. The lowest BCUT2D eigenvalue weighted by atomic mass is 10.0. The van der Waals surface area contributed by atoms with Crippen molar-refractivity contribution in [1.82, 2.24) is 34.3 Å². The second-order valence-corrected chi connectivity index (χ2v) is 10.6. The first kappa shape index (κ1) is 24.2. The second kappa shape index (κ2) is 9.09. The minimum Gasteiger partial charge on any atom is -0.381 e. The maximum Gasteiger partial charge on any atom is 0.260 e. The third kappa shape index (κ3) is 4.02. The number of carbonyl (C=O) groups excluding carboxylic acids is 1. The van der Waals surface area contributed by atoms with Crippen LogP contribution in [0.2, 0.25) is 0 Å². The Balaban J connectivity index is 1.26. The van der Waals surface area contributed by atoms with Gasteiger partial charge in [0.1, 0.15) is 11.3 Å². The Kier molecular flexibility index (Phi) is 5.49. The first-order valence-electron chi connectivity index (χ1n) is 13.6. The van der Waals surface area contributed by atoms with Crippen molar-refractivity contribution >= 4 is 28.1 Å². The zero-order valence-corrected chi connectivity index (χ0v) is 22.3. The van der Waals surface area contributed by atoms with Gasteiger partial charge >= 0.3 is 0 Å². The molecule has 5 heterocycles. The van der Waals surface area contributed by atoms with Crippen LogP contribution >= 0.6 is 0 Å². The van der Waals surface area contributed by atoms with Crippen LogP contribution in [0, 0.1) is 18.8 Å². The van der Waals surface area contributed by atoms with Crippen molar-refractivity contribution in [2.75, 3.05) is 5.73 Å². The van der Waals surface area contributed by atoms with E-state index in [2.05, 4.69) is 32.3 Å². The van der Waals surface area contributed by atoms with Crippen LogP contribution in [-0.4, -0.2) is 34.9 Å². The number of rotatable bonds is 4. The van der Waals surface area contributed by atoms with E-state index >= 15 is 0 Å². The highest BCUT2D eigenvalue weighted by Gasteiger charge is 2.30. The number of fused-ring (bicyclic) bond motifs is 3. The van der Waals surface area contributed by atoms with Crippen molar-refractivity contribution in [1.29, 1.82) is 0 Å². The lowest BCUT2D eigenvalue weighted by molar-refractivity contribution is 0.0940. The molecule has 200 valence electrons. The second-order valence-electron chi connectivity index (χ2n) is 10.6. The lowest BCUT2D eigenvalue weighted by Crippen LogP contribution is -2.33. The van der Waals surface area contributed by atoms with Gasteiger partial charge in [-0.05, 0) is 75.1 Å². The molecule has 10 nitrogen and oxygen atoms in total. The van der Waals surface area contributed by atoms with Crippen molar-refractivity contribution in [2.24, 2.45) is 0 Å². The summed E-state index contributed by atoms with van der Waals surface area (Å²) in [5.74, 6) is 6.09. The summed E-state index contributed by atoms with van der Waals surface area (Å²) in [6, 6.07) is 11.1. The highest BCUT2D eigenvalue weighted by molar-refractivity contribution is 6.04. The molecule has 7 rings (SSSR count). The van der Waals surface area contributed by atoms with Crippen LogP contribution in [0.4, 0.5) is 5.82 Å². The van der Waals surface area contributed by atoms with Crippen LogP contribution in [0.3, 0.4) is 0 Å². The Morgan fingerprint density at radius 3 is 2.83 bits per heavy atom. The number of nitrogens with one attached hydrogen (secondary N) is 1. The van der Waals surface area contributed by atoms with Crippen LogP contribution in [-0.2, 0) is 13.0 Å². The number of aromatic nitrogens is 6. The molecule has 3 N–H and O–H groups in total. The standard InChI is InChI=1S/C30H28N8O2/c1-17-12-14-37-28(32-17)26(27(31)35-37)29(39)33-18(2)24-15-20-6-3-5-19(25(20)30(40)38(24)22-10-11-22)8-9-21-16-23-7-4-13-36(23)34-21/h3,5-6,12,14-16,18,22H,4,7,10-11,13H2,1-2H3,(H2,31,35)(H,33,39)/t18-/m0/s1. The van der Waals surface area contributed by atoms with Gasteiger partial charge in [0, 0.05) is 41.4 Å². The maximum atomic E-state index is 14.0. The fourth-order valence-electron chi connectivity index (χ4n) is 5.59. The van der Waals surface area contributed by atoms with E-state index in [1.54, 1.807) is 12.3 Å². The fourth-order valence-corrected chi connectivity index (χ4v) is 5.59. The normalized spacial score (nSPS) is 15.2. The topological polar surface area (TPSA) is 125 Å². The third-order valence-electron chi connectivity index (χ3n) is 7.68. The molecule has 0 radical (unpaired) electrons. The summed E-state index contributed by atoms with van der Waals surface area (Å²) >= 11 is 0. The summed E-state index contributed by atoms with van der Waals surface area (Å²) in [5.41, 5.74) is 10.7. The smallest absolute Gasteiger partial charge is 0.260 e. The number of amides is 1. The summed E-state index contributed by atoms with van der Waals surface area (Å²) in [6.45, 7) is 4.64. The van der Waals surface area contributed by atoms with Gasteiger partial charge in [-0.25, -0.2) is 9.50 Å². The SMILES string of the molecule is Cc1ccn2nc(N)c(C(=O)N[C@@H](C)c3cc4cccc(C#Cc5cc6n(n5)CCC6)c4c(=O)n3C3CC3)c2n1. The summed E-state index contributed by atoms with van der Waals surface area (Å²) in [5, 5.41) is 13.2. The number of nitrogen functional groups attached to an aromatic ring is 1. The van der Waals surface area contributed by atoms with Gasteiger partial charge in [-0.15, -0.1) is 5.10 Å². The maximum absolute atomic E-state index is 14.0. The van der Waals surface area contributed by atoms with Gasteiger partial charge in [-0.3, -0.25) is 14.3 Å². The molecule has 10 heteroatoms. The molecule has 0 spiro atoms. The molecule has 1 saturated carbocycles. The van der Waals surface area contributed by atoms with E-state index in [0.717, 1.165) is 54.7 Å². The number of nitrogens with zero attached hydrogens (tertiary/aromatic N) is 6. The minimum atomic E-state index is -0.466. The Bertz CT molecular complexity index is 1940. The number of hydrogen-bond acceptors (Lipinski definition) is 6. The molecule has 0 saturated heterocycles. The first-order valence-corrected chi connectivity index (χ1v) is 13.6. The van der Waals surface area contributed by atoms with Crippen LogP contribution in [0.15, 0.2) is 47.4 Å². The largest absolute Gasteiger partial charge is 0.381 e. The minimum absolute atomic E-state index is 0.0924. The van der Waals surface area contributed by atoms with Gasteiger partial charge in [0.05, 0.1) is 11.4 Å². The Morgan fingerprint density at radius 2 is 2.02 bits per heavy atom. The first-order chi connectivity index (χ1) is 19.4. The molecular formula is C30H28N8O2. The van der Waals surface area contributed by atoms with Gasteiger partial charge < -0.3 is 15.6 Å². The zero-order chi connectivity index (χ0) is 27.5. The number of anilines is 1. The van der Waals surface area contributed by atoms with E-state index in [0.29, 0.717) is 16.6 Å². The Morgan fingerprint density at radius 1 is 1.18 bits per heavy atom. The third-order valence-corrected chi connectivity index (χ3v) is 7.68. The van der Waals surface area contributed by atoms with Crippen LogP contribution in [0.1, 0.15) is 77.0 Å². The molecule has 1 aromatic carbocycles. The molecule has 0 unspecified atom stereocenters. The van der Waals surface area contributed by atoms with Gasteiger partial charge in [-0.2, -0.15) is 5.10 Å². The quantitative estimate of drug-likeness (QED) is 0.342. The summed E-state index contributed by atoms with van der Waals surface area (Å²) in [4.78, 5) is 31.8. The van der Waals surface area contributed by atoms with Gasteiger partial charge in [-0.1, -0.05) is 18.1 Å². The molecule has 2 aliphatic rings. The van der Waals surface area contributed by atoms with E-state index in [9.17, 15) is 9.59 Å². The fraction of sp³-hybridized carbons (Fsp3) is 0.300. The molecule has 0 bridgehead atoms. The van der Waals surface area contributed by atoms with E-state index in [-0.39, 0.29) is 28.9 Å². The molecule has 5 aromatic rings. The average molecular weight is 533 g/mol. The van der Waals surface area contributed by atoms with Gasteiger partial charge in [0.2, 0.25) is 0 Å². The highest BCUT2D eigenvalue weighted by Crippen LogP contribution is 2.37. The van der Waals surface area contributed by atoms with Crippen molar-refractivity contribution in [3.8, 4) is 11.8 Å². The number of pyridine rings is 1. The number of carbonyl (C=O) groups is 1. The van der Waals surface area contributed by atoms with Crippen molar-refractivity contribution in [3.05, 3.63) is 86.9 Å². The molecular weight excluding hydrogens is 504 g/mol. The Hall–Kier alpha value is -4.91. The monoisotopic (exact) mass is 532 g/mol. The molecule has 4 aromatic heterocycles. The summed E-state index contributed by atoms with van der Waals surface area (Å²) in [6.07, 6.45) is 5.69. The van der Waals surface area contributed by atoms with Crippen LogP contribution in [0.25, 0.3) is 16.4 Å². The Labute approximate surface area is 229 Å². The summed E-state index contributed by atoms with van der Waals surface area (Å²) in [7, 11) is 0. The lowest BCUT2D eigenvalue weighted by Gasteiger charge is -2.21. The van der Waals surface area contributed by atoms with Crippen LogP contribution < -0.4 is 16.6 Å². The van der Waals surface area contributed by atoms with Crippen LogP contribution in [0.5, 0.6) is 0 Å². The molecule has 1 aliphatic heterocycles. The number of hydrogen-bond donors (Lipinski definition) is 2. The number of benzene rings is 1. The van der Waals surface area contributed by atoms with Crippen molar-refractivity contribution in [2.45, 2.75) is 58.2 Å². The van der Waals surface area contributed by atoms with E-state index in [1.165, 1.54) is 10.2 Å².